The number of ether oxygens (including phenoxy) is 1. The van der Waals surface area contributed by atoms with Crippen molar-refractivity contribution in [3.05, 3.63) is 0 Å². The fourth-order valence-corrected chi connectivity index (χ4v) is 1.69. The minimum atomic E-state index is -3.48. The normalized spacial score (nSPS) is 14.7. The third-order valence-corrected chi connectivity index (χ3v) is 4.21. The van der Waals surface area contributed by atoms with E-state index in [9.17, 15) is 13.2 Å². The van der Waals surface area contributed by atoms with E-state index in [1.807, 2.05) is 0 Å². The maximum atomic E-state index is 11.5. The Hall–Kier alpha value is -0.330. The highest BCUT2D eigenvalue weighted by atomic mass is 35.5. The van der Waals surface area contributed by atoms with Gasteiger partial charge in [0.25, 0.3) is 0 Å². The van der Waals surface area contributed by atoms with E-state index in [0.717, 1.165) is 0 Å². The molecule has 0 saturated heterocycles. The average molecular weight is 258 g/mol. The van der Waals surface area contributed by atoms with Gasteiger partial charge < -0.3 is 4.74 Å². The Bertz CT molecular complexity index is 320. The van der Waals surface area contributed by atoms with Crippen molar-refractivity contribution in [2.24, 2.45) is 0 Å². The number of carbonyl (C=O) groups is 1. The first-order chi connectivity index (χ1) is 6.62. The van der Waals surface area contributed by atoms with E-state index in [-0.39, 0.29) is 6.54 Å². The van der Waals surface area contributed by atoms with Crippen LogP contribution in [0.15, 0.2) is 0 Å². The third-order valence-electron chi connectivity index (χ3n) is 1.72. The lowest BCUT2D eigenvalue weighted by Crippen LogP contribution is -2.43. The number of nitrogens with one attached hydrogen (secondary N) is 1. The van der Waals surface area contributed by atoms with Crippen LogP contribution in [-0.4, -0.2) is 38.2 Å². The van der Waals surface area contributed by atoms with Crippen molar-refractivity contribution in [3.63, 3.8) is 0 Å². The number of carbonyl (C=O) groups excluding carboxylic acids is 1. The summed E-state index contributed by atoms with van der Waals surface area (Å²) in [7, 11) is -2.29. The van der Waals surface area contributed by atoms with E-state index in [0.29, 0.717) is 0 Å². The molecule has 0 heterocycles. The van der Waals surface area contributed by atoms with Crippen molar-refractivity contribution in [2.75, 3.05) is 13.7 Å². The molecule has 15 heavy (non-hydrogen) atoms. The van der Waals surface area contributed by atoms with Gasteiger partial charge in [0.1, 0.15) is 5.38 Å². The first kappa shape index (κ1) is 14.7. The van der Waals surface area contributed by atoms with Gasteiger partial charge in [-0.05, 0) is 20.8 Å². The first-order valence-electron chi connectivity index (χ1n) is 4.33. The molecule has 0 radical (unpaired) electrons. The molecule has 0 aliphatic rings. The summed E-state index contributed by atoms with van der Waals surface area (Å²) < 4.78 is 28.8. The van der Waals surface area contributed by atoms with Crippen LogP contribution in [0, 0.1) is 0 Å². The molecule has 5 nitrogen and oxygen atoms in total. The first-order valence-corrected chi connectivity index (χ1v) is 6.25. The Balaban J connectivity index is 4.36. The van der Waals surface area contributed by atoms with Gasteiger partial charge in [-0.2, -0.15) is 0 Å². The molecule has 90 valence electrons. The van der Waals surface area contributed by atoms with Crippen LogP contribution in [0.4, 0.5) is 0 Å². The van der Waals surface area contributed by atoms with E-state index in [1.54, 1.807) is 20.8 Å². The fraction of sp³-hybridized carbons (Fsp3) is 0.875. The molecule has 0 spiro atoms. The quantitative estimate of drug-likeness (QED) is 0.588. The van der Waals surface area contributed by atoms with Gasteiger partial charge in [-0.25, -0.2) is 13.1 Å². The molecule has 1 atom stereocenters. The largest absolute Gasteiger partial charge is 0.468 e. The van der Waals surface area contributed by atoms with Crippen LogP contribution in [0.3, 0.4) is 0 Å². The van der Waals surface area contributed by atoms with E-state index < -0.39 is 26.1 Å². The van der Waals surface area contributed by atoms with Crippen LogP contribution in [0.5, 0.6) is 0 Å². The van der Waals surface area contributed by atoms with Crippen molar-refractivity contribution in [2.45, 2.75) is 30.9 Å². The average Bonchev–Trinajstić information content (AvgIpc) is 2.11. The molecule has 0 amide bonds. The second-order valence-corrected chi connectivity index (χ2v) is 7.00. The van der Waals surface area contributed by atoms with Crippen LogP contribution in [0.25, 0.3) is 0 Å². The van der Waals surface area contributed by atoms with Gasteiger partial charge in [-0.3, -0.25) is 4.79 Å². The third kappa shape index (κ3) is 4.36. The van der Waals surface area contributed by atoms with Gasteiger partial charge in [0, 0.05) is 6.54 Å². The molecule has 0 bridgehead atoms. The molecule has 0 aromatic rings. The maximum absolute atomic E-state index is 11.5. The number of methoxy groups -OCH3 is 1. The van der Waals surface area contributed by atoms with Gasteiger partial charge >= 0.3 is 5.97 Å². The van der Waals surface area contributed by atoms with Gasteiger partial charge in [0.2, 0.25) is 10.0 Å². The van der Waals surface area contributed by atoms with E-state index in [1.165, 1.54) is 7.11 Å². The summed E-state index contributed by atoms with van der Waals surface area (Å²) in [6.07, 6.45) is 0. The van der Waals surface area contributed by atoms with Gasteiger partial charge in [0.05, 0.1) is 11.9 Å². The highest BCUT2D eigenvalue weighted by Crippen LogP contribution is 2.13. The minimum absolute atomic E-state index is 0.173. The topological polar surface area (TPSA) is 72.5 Å². The smallest absolute Gasteiger partial charge is 0.325 e. The van der Waals surface area contributed by atoms with Crippen LogP contribution in [0.1, 0.15) is 20.8 Å². The van der Waals surface area contributed by atoms with Crippen molar-refractivity contribution in [1.82, 2.24) is 4.72 Å². The molecule has 0 fully saturated rings. The Kier molecular flexibility index (Phi) is 5.02. The zero-order chi connectivity index (χ0) is 12.3. The van der Waals surface area contributed by atoms with Crippen molar-refractivity contribution >= 4 is 27.6 Å². The molecule has 0 rings (SSSR count). The predicted molar refractivity (Wildman–Crippen MR) is 58.3 cm³/mol. The number of halogens is 1. The van der Waals surface area contributed by atoms with Crippen molar-refractivity contribution in [1.29, 1.82) is 0 Å². The number of rotatable bonds is 4. The molecule has 0 saturated carbocycles. The Labute approximate surface area is 95.2 Å². The Morgan fingerprint density at radius 1 is 1.47 bits per heavy atom. The van der Waals surface area contributed by atoms with E-state index in [4.69, 9.17) is 11.6 Å². The second-order valence-electron chi connectivity index (χ2n) is 3.95. The lowest BCUT2D eigenvalue weighted by atomic mass is 10.3. The summed E-state index contributed by atoms with van der Waals surface area (Å²) in [5, 5.41) is -1.01. The fourth-order valence-electron chi connectivity index (χ4n) is 0.611. The van der Waals surface area contributed by atoms with Crippen molar-refractivity contribution < 1.29 is 17.9 Å². The van der Waals surface area contributed by atoms with E-state index >= 15 is 0 Å². The lowest BCUT2D eigenvalue weighted by molar-refractivity contribution is -0.140. The second kappa shape index (κ2) is 5.14. The zero-order valence-corrected chi connectivity index (χ0v) is 10.8. The highest BCUT2D eigenvalue weighted by Gasteiger charge is 2.30. The Morgan fingerprint density at radius 3 is 2.27 bits per heavy atom. The van der Waals surface area contributed by atoms with Crippen LogP contribution in [0.2, 0.25) is 0 Å². The molecular formula is C8H16ClNO4S. The van der Waals surface area contributed by atoms with Gasteiger partial charge in [0.15, 0.2) is 0 Å². The minimum Gasteiger partial charge on any atom is -0.468 e. The maximum Gasteiger partial charge on any atom is 0.325 e. The molecule has 0 aliphatic heterocycles. The Morgan fingerprint density at radius 2 is 1.93 bits per heavy atom. The summed E-state index contributed by atoms with van der Waals surface area (Å²) in [5.41, 5.74) is 0. The van der Waals surface area contributed by atoms with Crippen LogP contribution in [-0.2, 0) is 19.6 Å². The van der Waals surface area contributed by atoms with Crippen molar-refractivity contribution in [3.8, 4) is 0 Å². The molecule has 1 unspecified atom stereocenters. The molecule has 0 aromatic carbocycles. The summed E-state index contributed by atoms with van der Waals surface area (Å²) in [6, 6.07) is 0. The molecular weight excluding hydrogens is 242 g/mol. The number of esters is 1. The molecule has 1 N–H and O–H groups in total. The summed E-state index contributed by atoms with van der Waals surface area (Å²) >= 11 is 5.59. The molecule has 7 heteroatoms. The summed E-state index contributed by atoms with van der Waals surface area (Å²) in [5.74, 6) is -0.659. The molecule has 0 aliphatic carbocycles. The number of hydrogen-bond acceptors (Lipinski definition) is 4. The van der Waals surface area contributed by atoms with Gasteiger partial charge in [-0.1, -0.05) is 0 Å². The highest BCUT2D eigenvalue weighted by molar-refractivity contribution is 7.90. The number of sulfonamides is 1. The number of hydrogen-bond donors (Lipinski definition) is 1. The monoisotopic (exact) mass is 257 g/mol. The summed E-state index contributed by atoms with van der Waals surface area (Å²) in [4.78, 5) is 10.9. The zero-order valence-electron chi connectivity index (χ0n) is 9.20. The van der Waals surface area contributed by atoms with Crippen LogP contribution < -0.4 is 4.72 Å². The SMILES string of the molecule is COC(=O)C(Cl)CNS(=O)(=O)C(C)(C)C. The lowest BCUT2D eigenvalue weighted by Gasteiger charge is -2.20. The van der Waals surface area contributed by atoms with E-state index in [2.05, 4.69) is 9.46 Å². The summed E-state index contributed by atoms with van der Waals surface area (Å²) in [6.45, 7) is 4.48. The number of alkyl halides is 1. The van der Waals surface area contributed by atoms with Crippen LogP contribution >= 0.6 is 11.6 Å². The predicted octanol–water partition coefficient (Wildman–Crippen LogP) is 0.485. The molecule has 0 aromatic heterocycles. The van der Waals surface area contributed by atoms with Gasteiger partial charge in [-0.15, -0.1) is 11.6 Å². The standard InChI is InChI=1S/C8H16ClNO4S/c1-8(2,3)15(12,13)10-5-6(9)7(11)14-4/h6,10H,5H2,1-4H3.